The molecule has 0 aliphatic rings. The standard InChI is InChI=1S/C16H16F3NO2S/c17-16(18,19)13-6-4-5-12(9-13)10-15(11-20)23(21,22)14-7-2-1-3-8-14/h1-9,15H,10-11,20H2. The zero-order valence-corrected chi connectivity index (χ0v) is 12.9. The summed E-state index contributed by atoms with van der Waals surface area (Å²) in [5, 5.41) is -0.978. The van der Waals surface area contributed by atoms with Crippen LogP contribution >= 0.6 is 0 Å². The molecule has 1 unspecified atom stereocenters. The van der Waals surface area contributed by atoms with Crippen molar-refractivity contribution >= 4 is 9.84 Å². The molecule has 0 spiro atoms. The van der Waals surface area contributed by atoms with Crippen molar-refractivity contribution < 1.29 is 21.6 Å². The lowest BCUT2D eigenvalue weighted by atomic mass is 10.1. The maximum absolute atomic E-state index is 12.7. The van der Waals surface area contributed by atoms with E-state index < -0.39 is 26.8 Å². The van der Waals surface area contributed by atoms with Crippen LogP contribution in [0.1, 0.15) is 11.1 Å². The van der Waals surface area contributed by atoms with E-state index in [1.807, 2.05) is 0 Å². The van der Waals surface area contributed by atoms with Crippen molar-refractivity contribution in [3.05, 3.63) is 65.7 Å². The predicted molar refractivity (Wildman–Crippen MR) is 81.6 cm³/mol. The lowest BCUT2D eigenvalue weighted by molar-refractivity contribution is -0.137. The van der Waals surface area contributed by atoms with E-state index in [0.717, 1.165) is 12.1 Å². The average molecular weight is 343 g/mol. The second-order valence-corrected chi connectivity index (χ2v) is 7.35. The van der Waals surface area contributed by atoms with Gasteiger partial charge in [0.05, 0.1) is 15.7 Å². The number of halogens is 3. The third-order valence-corrected chi connectivity index (χ3v) is 5.66. The second-order valence-electron chi connectivity index (χ2n) is 5.12. The minimum atomic E-state index is -4.47. The molecule has 0 aliphatic heterocycles. The third-order valence-electron chi connectivity index (χ3n) is 3.49. The molecule has 0 heterocycles. The smallest absolute Gasteiger partial charge is 0.329 e. The van der Waals surface area contributed by atoms with E-state index in [1.165, 1.54) is 24.3 Å². The highest BCUT2D eigenvalue weighted by molar-refractivity contribution is 7.92. The van der Waals surface area contributed by atoms with Crippen LogP contribution in [0.15, 0.2) is 59.5 Å². The number of rotatable bonds is 5. The molecule has 23 heavy (non-hydrogen) atoms. The van der Waals surface area contributed by atoms with E-state index in [2.05, 4.69) is 0 Å². The predicted octanol–water partition coefficient (Wildman–Crippen LogP) is 3.05. The molecule has 0 saturated heterocycles. The first kappa shape index (κ1) is 17.5. The van der Waals surface area contributed by atoms with Crippen molar-refractivity contribution in [2.24, 2.45) is 5.73 Å². The van der Waals surface area contributed by atoms with Crippen LogP contribution in [-0.2, 0) is 22.4 Å². The Labute approximate surface area is 132 Å². The summed E-state index contributed by atoms with van der Waals surface area (Å²) in [5.41, 5.74) is 5.05. The minimum Gasteiger partial charge on any atom is -0.329 e. The monoisotopic (exact) mass is 343 g/mol. The molecule has 0 amide bonds. The summed E-state index contributed by atoms with van der Waals surface area (Å²) in [6, 6.07) is 12.4. The van der Waals surface area contributed by atoms with Crippen molar-refractivity contribution in [2.45, 2.75) is 22.7 Å². The first-order chi connectivity index (χ1) is 10.7. The molecular formula is C16H16F3NO2S. The number of alkyl halides is 3. The number of hydrogen-bond donors (Lipinski definition) is 1. The zero-order valence-electron chi connectivity index (χ0n) is 12.1. The van der Waals surface area contributed by atoms with Gasteiger partial charge in [0.1, 0.15) is 0 Å². The van der Waals surface area contributed by atoms with E-state index >= 15 is 0 Å². The Morgan fingerprint density at radius 1 is 1.00 bits per heavy atom. The topological polar surface area (TPSA) is 60.2 Å². The Balaban J connectivity index is 2.30. The Morgan fingerprint density at radius 2 is 1.65 bits per heavy atom. The van der Waals surface area contributed by atoms with E-state index in [-0.39, 0.29) is 23.4 Å². The first-order valence-electron chi connectivity index (χ1n) is 6.90. The van der Waals surface area contributed by atoms with Gasteiger partial charge in [-0.1, -0.05) is 36.4 Å². The van der Waals surface area contributed by atoms with Crippen LogP contribution < -0.4 is 5.73 Å². The second kappa shape index (κ2) is 6.72. The van der Waals surface area contributed by atoms with Crippen LogP contribution in [-0.4, -0.2) is 20.2 Å². The van der Waals surface area contributed by atoms with Crippen molar-refractivity contribution in [2.75, 3.05) is 6.54 Å². The fraction of sp³-hybridized carbons (Fsp3) is 0.250. The third kappa shape index (κ3) is 4.11. The highest BCUT2D eigenvalue weighted by Crippen LogP contribution is 2.30. The van der Waals surface area contributed by atoms with Gasteiger partial charge in [-0.2, -0.15) is 13.2 Å². The molecule has 2 aromatic rings. The van der Waals surface area contributed by atoms with Gasteiger partial charge in [0.2, 0.25) is 0 Å². The van der Waals surface area contributed by atoms with Crippen LogP contribution in [0.3, 0.4) is 0 Å². The summed E-state index contributed by atoms with van der Waals surface area (Å²) in [5.74, 6) is 0. The van der Waals surface area contributed by atoms with Gasteiger partial charge in [-0.15, -0.1) is 0 Å². The Bertz CT molecular complexity index is 758. The fourth-order valence-corrected chi connectivity index (χ4v) is 3.85. The summed E-state index contributed by atoms with van der Waals surface area (Å²) in [7, 11) is -3.70. The summed E-state index contributed by atoms with van der Waals surface area (Å²) >= 11 is 0. The lowest BCUT2D eigenvalue weighted by Crippen LogP contribution is -2.32. The van der Waals surface area contributed by atoms with Gasteiger partial charge >= 0.3 is 6.18 Å². The summed E-state index contributed by atoms with van der Waals surface area (Å²) in [4.78, 5) is 0.113. The van der Waals surface area contributed by atoms with E-state index in [4.69, 9.17) is 5.73 Å². The molecular weight excluding hydrogens is 327 g/mol. The lowest BCUT2D eigenvalue weighted by Gasteiger charge is -2.17. The van der Waals surface area contributed by atoms with E-state index in [0.29, 0.717) is 0 Å². The molecule has 2 rings (SSSR count). The van der Waals surface area contributed by atoms with Crippen molar-refractivity contribution in [3.63, 3.8) is 0 Å². The molecule has 0 aromatic heterocycles. The molecule has 0 radical (unpaired) electrons. The molecule has 0 bridgehead atoms. The summed E-state index contributed by atoms with van der Waals surface area (Å²) in [6.07, 6.45) is -4.54. The summed E-state index contributed by atoms with van der Waals surface area (Å²) < 4.78 is 63.3. The molecule has 124 valence electrons. The Kier molecular flexibility index (Phi) is 5.11. The van der Waals surface area contributed by atoms with Gasteiger partial charge in [-0.05, 0) is 30.2 Å². The van der Waals surface area contributed by atoms with Gasteiger partial charge in [0, 0.05) is 6.54 Å². The van der Waals surface area contributed by atoms with Crippen LogP contribution in [0.2, 0.25) is 0 Å². The fourth-order valence-electron chi connectivity index (χ4n) is 2.26. The molecule has 0 saturated carbocycles. The molecule has 3 nitrogen and oxygen atoms in total. The first-order valence-corrected chi connectivity index (χ1v) is 8.45. The normalized spacial score (nSPS) is 13.7. The Morgan fingerprint density at radius 3 is 2.22 bits per heavy atom. The quantitative estimate of drug-likeness (QED) is 0.908. The molecule has 2 aromatic carbocycles. The molecule has 0 fully saturated rings. The van der Waals surface area contributed by atoms with Crippen molar-refractivity contribution in [1.29, 1.82) is 0 Å². The number of sulfone groups is 1. The molecule has 0 aliphatic carbocycles. The molecule has 2 N–H and O–H groups in total. The molecule has 1 atom stereocenters. The van der Waals surface area contributed by atoms with Crippen molar-refractivity contribution in [1.82, 2.24) is 0 Å². The number of hydrogen-bond acceptors (Lipinski definition) is 3. The maximum atomic E-state index is 12.7. The van der Waals surface area contributed by atoms with Crippen LogP contribution in [0.4, 0.5) is 13.2 Å². The number of benzene rings is 2. The van der Waals surface area contributed by atoms with Gasteiger partial charge in [0.15, 0.2) is 9.84 Å². The van der Waals surface area contributed by atoms with Crippen LogP contribution in [0.25, 0.3) is 0 Å². The van der Waals surface area contributed by atoms with Crippen LogP contribution in [0.5, 0.6) is 0 Å². The average Bonchev–Trinajstić information content (AvgIpc) is 2.52. The van der Waals surface area contributed by atoms with Gasteiger partial charge < -0.3 is 5.73 Å². The van der Waals surface area contributed by atoms with Gasteiger partial charge in [-0.3, -0.25) is 0 Å². The SMILES string of the molecule is NCC(Cc1cccc(C(F)(F)F)c1)S(=O)(=O)c1ccccc1. The number of nitrogens with two attached hydrogens (primary N) is 1. The van der Waals surface area contributed by atoms with Crippen molar-refractivity contribution in [3.8, 4) is 0 Å². The highest BCUT2D eigenvalue weighted by atomic mass is 32.2. The maximum Gasteiger partial charge on any atom is 0.416 e. The Hall–Kier alpha value is -1.86. The summed E-state index contributed by atoms with van der Waals surface area (Å²) in [6.45, 7) is -0.173. The zero-order chi connectivity index (χ0) is 17.1. The van der Waals surface area contributed by atoms with Gasteiger partial charge in [-0.25, -0.2) is 8.42 Å². The minimum absolute atomic E-state index is 0.0718. The molecule has 7 heteroatoms. The van der Waals surface area contributed by atoms with E-state index in [9.17, 15) is 21.6 Å². The largest absolute Gasteiger partial charge is 0.416 e. The van der Waals surface area contributed by atoms with Gasteiger partial charge in [0.25, 0.3) is 0 Å². The highest BCUT2D eigenvalue weighted by Gasteiger charge is 2.31. The van der Waals surface area contributed by atoms with E-state index in [1.54, 1.807) is 18.2 Å². The van der Waals surface area contributed by atoms with Crippen LogP contribution in [0, 0.1) is 0 Å².